The molecule has 0 aliphatic carbocycles. The van der Waals surface area contributed by atoms with Gasteiger partial charge in [-0.1, -0.05) is 12.1 Å². The van der Waals surface area contributed by atoms with E-state index in [1.807, 2.05) is 24.3 Å². The van der Waals surface area contributed by atoms with Crippen LogP contribution in [0.4, 0.5) is 5.69 Å². The van der Waals surface area contributed by atoms with E-state index in [-0.39, 0.29) is 5.60 Å². The number of rotatable bonds is 7. The van der Waals surface area contributed by atoms with Crippen molar-refractivity contribution in [2.24, 2.45) is 0 Å². The molecular weight excluding hydrogens is 214 g/mol. The predicted octanol–water partition coefficient (Wildman–Crippen LogP) is 2.64. The fourth-order valence-electron chi connectivity index (χ4n) is 1.40. The van der Waals surface area contributed by atoms with Crippen molar-refractivity contribution in [1.29, 1.82) is 0 Å². The molecule has 17 heavy (non-hydrogen) atoms. The number of benzene rings is 1. The zero-order valence-electron chi connectivity index (χ0n) is 11.0. The van der Waals surface area contributed by atoms with Crippen molar-refractivity contribution >= 4 is 5.69 Å². The summed E-state index contributed by atoms with van der Waals surface area (Å²) in [4.78, 5) is 0. The number of hydrogen-bond donors (Lipinski definition) is 1. The molecule has 0 aliphatic rings. The van der Waals surface area contributed by atoms with E-state index in [2.05, 4.69) is 13.8 Å². The standard InChI is InChI=1S/C14H23NO2/c1-14(2,16-3)9-11-17-10-8-12-4-6-13(15)7-5-12/h4-7H,8-11,15H2,1-3H3. The first kappa shape index (κ1) is 14.0. The van der Waals surface area contributed by atoms with Gasteiger partial charge in [-0.3, -0.25) is 0 Å². The molecule has 3 nitrogen and oxygen atoms in total. The maximum Gasteiger partial charge on any atom is 0.0644 e. The first-order valence-electron chi connectivity index (χ1n) is 6.01. The highest BCUT2D eigenvalue weighted by molar-refractivity contribution is 5.39. The van der Waals surface area contributed by atoms with Gasteiger partial charge in [0.1, 0.15) is 0 Å². The van der Waals surface area contributed by atoms with Gasteiger partial charge in [0.05, 0.1) is 12.2 Å². The lowest BCUT2D eigenvalue weighted by Crippen LogP contribution is -2.24. The monoisotopic (exact) mass is 237 g/mol. The van der Waals surface area contributed by atoms with Crippen LogP contribution in [0.25, 0.3) is 0 Å². The van der Waals surface area contributed by atoms with Gasteiger partial charge in [0.15, 0.2) is 0 Å². The second-order valence-corrected chi connectivity index (χ2v) is 4.82. The van der Waals surface area contributed by atoms with E-state index < -0.39 is 0 Å². The average Bonchev–Trinajstić information content (AvgIpc) is 2.31. The van der Waals surface area contributed by atoms with Crippen LogP contribution in [0.3, 0.4) is 0 Å². The van der Waals surface area contributed by atoms with Crippen LogP contribution in [0.5, 0.6) is 0 Å². The molecule has 1 aromatic rings. The number of ether oxygens (including phenoxy) is 2. The van der Waals surface area contributed by atoms with E-state index in [1.165, 1.54) is 5.56 Å². The Morgan fingerprint density at radius 1 is 1.12 bits per heavy atom. The molecule has 0 bridgehead atoms. The Morgan fingerprint density at radius 3 is 2.35 bits per heavy atom. The summed E-state index contributed by atoms with van der Waals surface area (Å²) in [5.41, 5.74) is 7.58. The number of anilines is 1. The third kappa shape index (κ3) is 5.71. The number of methoxy groups -OCH3 is 1. The van der Waals surface area contributed by atoms with Crippen LogP contribution < -0.4 is 5.73 Å². The van der Waals surface area contributed by atoms with Gasteiger partial charge in [-0.25, -0.2) is 0 Å². The van der Waals surface area contributed by atoms with Crippen molar-refractivity contribution in [3.63, 3.8) is 0 Å². The van der Waals surface area contributed by atoms with Crippen molar-refractivity contribution < 1.29 is 9.47 Å². The molecule has 3 heteroatoms. The van der Waals surface area contributed by atoms with Gasteiger partial charge in [0.2, 0.25) is 0 Å². The van der Waals surface area contributed by atoms with Crippen LogP contribution in [0.1, 0.15) is 25.8 Å². The Labute approximate surface area is 104 Å². The molecule has 0 spiro atoms. The Bertz CT molecular complexity index is 319. The molecule has 2 N–H and O–H groups in total. The Hall–Kier alpha value is -1.06. The first-order valence-corrected chi connectivity index (χ1v) is 6.01. The second kappa shape index (κ2) is 6.62. The highest BCUT2D eigenvalue weighted by Crippen LogP contribution is 2.12. The third-order valence-corrected chi connectivity index (χ3v) is 2.92. The number of hydrogen-bond acceptors (Lipinski definition) is 3. The van der Waals surface area contributed by atoms with E-state index in [1.54, 1.807) is 7.11 Å². The zero-order chi connectivity index (χ0) is 12.7. The number of nitrogen functional groups attached to an aromatic ring is 1. The van der Waals surface area contributed by atoms with Gasteiger partial charge in [-0.2, -0.15) is 0 Å². The minimum absolute atomic E-state index is 0.0960. The van der Waals surface area contributed by atoms with Gasteiger partial charge >= 0.3 is 0 Å². The quantitative estimate of drug-likeness (QED) is 0.585. The Morgan fingerprint density at radius 2 is 1.76 bits per heavy atom. The molecular formula is C14H23NO2. The lowest BCUT2D eigenvalue weighted by molar-refractivity contribution is -0.00938. The van der Waals surface area contributed by atoms with Crippen LogP contribution in [0.2, 0.25) is 0 Å². The summed E-state index contributed by atoms with van der Waals surface area (Å²) in [6, 6.07) is 7.92. The van der Waals surface area contributed by atoms with Gasteiger partial charge in [0, 0.05) is 19.4 Å². The minimum atomic E-state index is -0.0960. The molecule has 1 rings (SSSR count). The molecule has 0 radical (unpaired) electrons. The van der Waals surface area contributed by atoms with Crippen LogP contribution in [0.15, 0.2) is 24.3 Å². The molecule has 0 heterocycles. The maximum atomic E-state index is 5.62. The summed E-state index contributed by atoms with van der Waals surface area (Å²) in [5.74, 6) is 0. The lowest BCUT2D eigenvalue weighted by atomic mass is 10.1. The molecule has 1 aromatic carbocycles. The SMILES string of the molecule is COC(C)(C)CCOCCc1ccc(N)cc1. The topological polar surface area (TPSA) is 44.5 Å². The van der Waals surface area contributed by atoms with E-state index in [0.717, 1.165) is 31.7 Å². The highest BCUT2D eigenvalue weighted by Gasteiger charge is 2.15. The summed E-state index contributed by atoms with van der Waals surface area (Å²) in [7, 11) is 1.73. The van der Waals surface area contributed by atoms with Crippen molar-refractivity contribution in [2.75, 3.05) is 26.1 Å². The summed E-state index contributed by atoms with van der Waals surface area (Å²) >= 11 is 0. The van der Waals surface area contributed by atoms with Crippen molar-refractivity contribution in [2.45, 2.75) is 32.3 Å². The first-order chi connectivity index (χ1) is 8.03. The molecule has 0 fully saturated rings. The number of nitrogens with two attached hydrogens (primary N) is 1. The average molecular weight is 237 g/mol. The molecule has 0 aromatic heterocycles. The molecule has 96 valence electrons. The maximum absolute atomic E-state index is 5.62. The Balaban J connectivity index is 2.14. The summed E-state index contributed by atoms with van der Waals surface area (Å²) in [6.07, 6.45) is 1.83. The largest absolute Gasteiger partial charge is 0.399 e. The fraction of sp³-hybridized carbons (Fsp3) is 0.571. The van der Waals surface area contributed by atoms with E-state index >= 15 is 0 Å². The van der Waals surface area contributed by atoms with Crippen molar-refractivity contribution in [1.82, 2.24) is 0 Å². The van der Waals surface area contributed by atoms with Gasteiger partial charge < -0.3 is 15.2 Å². The van der Waals surface area contributed by atoms with Gasteiger partial charge in [-0.15, -0.1) is 0 Å². The smallest absolute Gasteiger partial charge is 0.0644 e. The van der Waals surface area contributed by atoms with Crippen LogP contribution >= 0.6 is 0 Å². The van der Waals surface area contributed by atoms with E-state index in [9.17, 15) is 0 Å². The van der Waals surface area contributed by atoms with Crippen molar-refractivity contribution in [3.8, 4) is 0 Å². The highest BCUT2D eigenvalue weighted by atomic mass is 16.5. The molecule has 0 amide bonds. The molecule has 0 saturated carbocycles. The Kier molecular flexibility index (Phi) is 5.45. The van der Waals surface area contributed by atoms with Crippen LogP contribution in [-0.4, -0.2) is 25.9 Å². The second-order valence-electron chi connectivity index (χ2n) is 4.82. The van der Waals surface area contributed by atoms with E-state index in [0.29, 0.717) is 0 Å². The summed E-state index contributed by atoms with van der Waals surface area (Å²) < 4.78 is 10.9. The zero-order valence-corrected chi connectivity index (χ0v) is 11.0. The van der Waals surface area contributed by atoms with Crippen LogP contribution in [-0.2, 0) is 15.9 Å². The molecule has 0 atom stereocenters. The van der Waals surface area contributed by atoms with Gasteiger partial charge in [0.25, 0.3) is 0 Å². The third-order valence-electron chi connectivity index (χ3n) is 2.92. The molecule has 0 saturated heterocycles. The van der Waals surface area contributed by atoms with E-state index in [4.69, 9.17) is 15.2 Å². The van der Waals surface area contributed by atoms with Gasteiger partial charge in [-0.05, 0) is 44.4 Å². The molecule has 0 unspecified atom stereocenters. The predicted molar refractivity (Wildman–Crippen MR) is 71.1 cm³/mol. The fourth-order valence-corrected chi connectivity index (χ4v) is 1.40. The summed E-state index contributed by atoms with van der Waals surface area (Å²) in [5, 5.41) is 0. The lowest BCUT2D eigenvalue weighted by Gasteiger charge is -2.22. The minimum Gasteiger partial charge on any atom is -0.399 e. The van der Waals surface area contributed by atoms with Crippen LogP contribution in [0, 0.1) is 0 Å². The van der Waals surface area contributed by atoms with Crippen molar-refractivity contribution in [3.05, 3.63) is 29.8 Å². The normalized spacial score (nSPS) is 11.7. The summed E-state index contributed by atoms with van der Waals surface area (Å²) in [6.45, 7) is 5.60. The molecule has 0 aliphatic heterocycles.